The first-order valence-corrected chi connectivity index (χ1v) is 6.24. The van der Waals surface area contributed by atoms with Gasteiger partial charge in [0.2, 0.25) is 0 Å². The van der Waals surface area contributed by atoms with E-state index in [2.05, 4.69) is 0 Å². The first kappa shape index (κ1) is 13.1. The number of rotatable bonds is 2. The number of ether oxygens (including phenoxy) is 1. The fraction of sp³-hybridized carbons (Fsp3) is 0.0769. The van der Waals surface area contributed by atoms with Crippen molar-refractivity contribution in [3.63, 3.8) is 0 Å². The molecule has 0 saturated heterocycles. The van der Waals surface area contributed by atoms with Crippen molar-refractivity contribution < 1.29 is 13.5 Å². The van der Waals surface area contributed by atoms with Crippen LogP contribution in [-0.2, 0) is 0 Å². The van der Waals surface area contributed by atoms with Crippen LogP contribution in [0.2, 0.25) is 0 Å². The topological polar surface area (TPSA) is 35.2 Å². The first-order valence-electron chi connectivity index (χ1n) is 5.16. The van der Waals surface area contributed by atoms with Gasteiger partial charge in [0.05, 0.1) is 9.26 Å². The van der Waals surface area contributed by atoms with Gasteiger partial charge in [-0.3, -0.25) is 0 Å². The molecule has 2 N–H and O–H groups in total. The summed E-state index contributed by atoms with van der Waals surface area (Å²) in [5.41, 5.74) is 6.82. The van der Waals surface area contributed by atoms with Crippen molar-refractivity contribution in [1.29, 1.82) is 0 Å². The number of halogens is 3. The second-order valence-electron chi connectivity index (χ2n) is 3.84. The molecule has 0 bridgehead atoms. The second kappa shape index (κ2) is 5.09. The minimum atomic E-state index is -0.515. The number of aryl methyl sites for hydroxylation is 1. The molecular weight excluding hydrogens is 351 g/mol. The molecule has 5 heteroatoms. The van der Waals surface area contributed by atoms with Crippen LogP contribution in [0.3, 0.4) is 0 Å². The van der Waals surface area contributed by atoms with Gasteiger partial charge in [-0.2, -0.15) is 0 Å². The van der Waals surface area contributed by atoms with Gasteiger partial charge in [-0.15, -0.1) is 0 Å². The summed E-state index contributed by atoms with van der Waals surface area (Å²) in [4.78, 5) is 0. The van der Waals surface area contributed by atoms with E-state index in [1.807, 2.05) is 29.5 Å². The predicted molar refractivity (Wildman–Crippen MR) is 74.7 cm³/mol. The molecule has 2 nitrogen and oxygen atoms in total. The van der Waals surface area contributed by atoms with Crippen molar-refractivity contribution in [3.05, 3.63) is 51.1 Å². The summed E-state index contributed by atoms with van der Waals surface area (Å²) in [5, 5.41) is 0. The maximum Gasteiger partial charge on any atom is 0.165 e. The van der Waals surface area contributed by atoms with E-state index in [1.165, 1.54) is 18.2 Å². The number of benzene rings is 2. The third-order valence-electron chi connectivity index (χ3n) is 2.36. The molecule has 0 aromatic heterocycles. The highest BCUT2D eigenvalue weighted by Gasteiger charge is 2.10. The van der Waals surface area contributed by atoms with E-state index >= 15 is 0 Å². The average molecular weight is 361 g/mol. The number of nitrogens with two attached hydrogens (primary N) is 1. The van der Waals surface area contributed by atoms with Gasteiger partial charge < -0.3 is 10.5 Å². The van der Waals surface area contributed by atoms with Crippen LogP contribution in [0.1, 0.15) is 5.56 Å². The van der Waals surface area contributed by atoms with Crippen molar-refractivity contribution >= 4 is 28.3 Å². The van der Waals surface area contributed by atoms with Crippen molar-refractivity contribution in [2.24, 2.45) is 0 Å². The van der Waals surface area contributed by atoms with Gasteiger partial charge in [-0.05, 0) is 53.3 Å². The normalized spacial score (nSPS) is 10.4. The van der Waals surface area contributed by atoms with Gasteiger partial charge in [0, 0.05) is 6.07 Å². The molecule has 2 aromatic carbocycles. The van der Waals surface area contributed by atoms with Gasteiger partial charge in [0.25, 0.3) is 0 Å². The van der Waals surface area contributed by atoms with Crippen LogP contribution in [-0.4, -0.2) is 0 Å². The van der Waals surface area contributed by atoms with Crippen LogP contribution in [0, 0.1) is 22.1 Å². The Hall–Kier alpha value is -1.37. The average Bonchev–Trinajstić information content (AvgIpc) is 2.30. The molecule has 0 aliphatic rings. The van der Waals surface area contributed by atoms with Gasteiger partial charge in [0.15, 0.2) is 17.3 Å². The van der Waals surface area contributed by atoms with Gasteiger partial charge in [0.1, 0.15) is 5.82 Å². The lowest BCUT2D eigenvalue weighted by Crippen LogP contribution is -1.96. The summed E-state index contributed by atoms with van der Waals surface area (Å²) >= 11 is 1.83. The van der Waals surface area contributed by atoms with Crippen molar-refractivity contribution in [1.82, 2.24) is 0 Å². The fourth-order valence-corrected chi connectivity index (χ4v) is 1.93. The first-order chi connectivity index (χ1) is 8.47. The van der Waals surface area contributed by atoms with E-state index < -0.39 is 11.6 Å². The Morgan fingerprint density at radius 3 is 2.50 bits per heavy atom. The molecule has 0 radical (unpaired) electrons. The molecule has 0 saturated carbocycles. The highest BCUT2D eigenvalue weighted by atomic mass is 127. The van der Waals surface area contributed by atoms with Crippen LogP contribution in [0.5, 0.6) is 11.5 Å². The van der Waals surface area contributed by atoms with Crippen LogP contribution < -0.4 is 10.5 Å². The fourth-order valence-electron chi connectivity index (χ4n) is 1.44. The number of anilines is 1. The minimum Gasteiger partial charge on any atom is -0.452 e. The molecule has 0 spiro atoms. The Kier molecular flexibility index (Phi) is 3.70. The van der Waals surface area contributed by atoms with Gasteiger partial charge >= 0.3 is 0 Å². The molecule has 0 aliphatic carbocycles. The van der Waals surface area contributed by atoms with Crippen molar-refractivity contribution in [2.45, 2.75) is 6.92 Å². The molecule has 0 heterocycles. The largest absolute Gasteiger partial charge is 0.452 e. The highest BCUT2D eigenvalue weighted by Crippen LogP contribution is 2.32. The van der Waals surface area contributed by atoms with E-state index in [0.717, 1.165) is 11.6 Å². The summed E-state index contributed by atoms with van der Waals surface area (Å²) in [6.45, 7) is 1.81. The zero-order chi connectivity index (χ0) is 13.3. The van der Waals surface area contributed by atoms with E-state index in [0.29, 0.717) is 3.57 Å². The monoisotopic (exact) mass is 361 g/mol. The van der Waals surface area contributed by atoms with Crippen LogP contribution in [0.4, 0.5) is 14.5 Å². The van der Waals surface area contributed by atoms with Crippen LogP contribution in [0.15, 0.2) is 30.3 Å². The molecule has 0 amide bonds. The minimum absolute atomic E-state index is 0.0299. The molecule has 0 fully saturated rings. The van der Waals surface area contributed by atoms with Crippen LogP contribution in [0.25, 0.3) is 0 Å². The Morgan fingerprint density at radius 1 is 1.06 bits per heavy atom. The standard InChI is InChI=1S/C13H10F2INO/c1-7-2-3-8(14)12(4-7)18-13-5-9(15)10(16)6-11(13)17/h2-6H,17H2,1H3. The van der Waals surface area contributed by atoms with Crippen molar-refractivity contribution in [2.75, 3.05) is 5.73 Å². The summed E-state index contributed by atoms with van der Waals surface area (Å²) in [5.74, 6) is -0.827. The van der Waals surface area contributed by atoms with Crippen LogP contribution >= 0.6 is 22.6 Å². The Labute approximate surface area is 117 Å². The molecule has 18 heavy (non-hydrogen) atoms. The number of hydrogen-bond donors (Lipinski definition) is 1. The van der Waals surface area contributed by atoms with Gasteiger partial charge in [-0.25, -0.2) is 8.78 Å². The second-order valence-corrected chi connectivity index (χ2v) is 5.00. The molecular formula is C13H10F2INO. The quantitative estimate of drug-likeness (QED) is 0.641. The lowest BCUT2D eigenvalue weighted by atomic mass is 10.2. The molecule has 0 atom stereocenters. The third-order valence-corrected chi connectivity index (χ3v) is 3.19. The van der Waals surface area contributed by atoms with Crippen molar-refractivity contribution in [3.8, 4) is 11.5 Å². The summed E-state index contributed by atoms with van der Waals surface area (Å²) in [6.07, 6.45) is 0. The maximum atomic E-state index is 13.5. The number of hydrogen-bond acceptors (Lipinski definition) is 2. The summed E-state index contributed by atoms with van der Waals surface area (Å²) in [7, 11) is 0. The Morgan fingerprint density at radius 2 is 1.78 bits per heavy atom. The predicted octanol–water partition coefficient (Wildman–Crippen LogP) is 4.25. The SMILES string of the molecule is Cc1ccc(F)c(Oc2cc(F)c(I)cc2N)c1. The summed E-state index contributed by atoms with van der Waals surface area (Å²) < 4.78 is 32.6. The van der Waals surface area contributed by atoms with E-state index in [4.69, 9.17) is 10.5 Å². The van der Waals surface area contributed by atoms with E-state index in [1.54, 1.807) is 6.07 Å². The molecule has 2 aromatic rings. The third kappa shape index (κ3) is 2.72. The zero-order valence-corrected chi connectivity index (χ0v) is 11.7. The molecule has 0 aliphatic heterocycles. The van der Waals surface area contributed by atoms with E-state index in [9.17, 15) is 8.78 Å². The maximum absolute atomic E-state index is 13.5. The highest BCUT2D eigenvalue weighted by molar-refractivity contribution is 14.1. The number of nitrogen functional groups attached to an aromatic ring is 1. The Bertz CT molecular complexity index is 602. The van der Waals surface area contributed by atoms with Gasteiger partial charge in [-0.1, -0.05) is 6.07 Å². The molecule has 2 rings (SSSR count). The smallest absolute Gasteiger partial charge is 0.165 e. The van der Waals surface area contributed by atoms with E-state index in [-0.39, 0.29) is 17.2 Å². The lowest BCUT2D eigenvalue weighted by molar-refractivity contribution is 0.440. The molecule has 0 unspecified atom stereocenters. The summed E-state index contributed by atoms with van der Waals surface area (Å²) in [6, 6.07) is 7.05. The molecule has 94 valence electrons. The Balaban J connectivity index is 2.40. The zero-order valence-electron chi connectivity index (χ0n) is 9.51. The lowest BCUT2D eigenvalue weighted by Gasteiger charge is -2.10.